The lowest BCUT2D eigenvalue weighted by molar-refractivity contribution is 0.457. The fourth-order valence-corrected chi connectivity index (χ4v) is 2.01. The highest BCUT2D eigenvalue weighted by molar-refractivity contribution is 6.30. The number of benzene rings is 1. The van der Waals surface area contributed by atoms with Crippen LogP contribution in [0.2, 0.25) is 5.02 Å². The first-order chi connectivity index (χ1) is 9.16. The molecule has 0 N–H and O–H groups in total. The average Bonchev–Trinajstić information content (AvgIpc) is 2.40. The fourth-order valence-electron chi connectivity index (χ4n) is 1.82. The summed E-state index contributed by atoms with van der Waals surface area (Å²) in [5.74, 6) is 0. The third-order valence-electron chi connectivity index (χ3n) is 2.74. The summed E-state index contributed by atoms with van der Waals surface area (Å²) in [5.41, 5.74) is 3.16. The van der Waals surface area contributed by atoms with E-state index < -0.39 is 0 Å². The number of hydrogen-bond acceptors (Lipinski definition) is 2. The Hall–Kier alpha value is -1.64. The van der Waals surface area contributed by atoms with E-state index in [1.54, 1.807) is 0 Å². The first kappa shape index (κ1) is 13.8. The number of likely N-dealkylation sites (N-methyl/N-ethyl adjacent to an activating group) is 1. The van der Waals surface area contributed by atoms with Crippen LogP contribution >= 0.6 is 11.6 Å². The molecule has 0 saturated carbocycles. The van der Waals surface area contributed by atoms with Gasteiger partial charge in [-0.2, -0.15) is 0 Å². The molecule has 0 aliphatic heterocycles. The van der Waals surface area contributed by atoms with Crippen LogP contribution in [0.4, 0.5) is 0 Å². The second-order valence-corrected chi connectivity index (χ2v) is 5.04. The third kappa shape index (κ3) is 3.91. The Labute approximate surface area is 119 Å². The molecular formula is C16H17ClN2. The molecule has 2 aromatic rings. The van der Waals surface area contributed by atoms with Gasteiger partial charge in [0.2, 0.25) is 0 Å². The molecule has 0 spiro atoms. The summed E-state index contributed by atoms with van der Waals surface area (Å²) < 4.78 is 0. The molecule has 0 bridgehead atoms. The minimum absolute atomic E-state index is 0.740. The van der Waals surface area contributed by atoms with E-state index in [-0.39, 0.29) is 0 Å². The van der Waals surface area contributed by atoms with Gasteiger partial charge in [0.15, 0.2) is 0 Å². The van der Waals surface area contributed by atoms with E-state index in [9.17, 15) is 0 Å². The summed E-state index contributed by atoms with van der Waals surface area (Å²) in [7, 11) is 4.09. The van der Waals surface area contributed by atoms with Gasteiger partial charge < -0.3 is 4.90 Å². The molecule has 0 aliphatic carbocycles. The summed E-state index contributed by atoms with van der Waals surface area (Å²) in [4.78, 5) is 6.55. The lowest BCUT2D eigenvalue weighted by atomic mass is 10.0. The molecule has 1 aromatic heterocycles. The van der Waals surface area contributed by atoms with Crippen LogP contribution in [0.15, 0.2) is 54.7 Å². The van der Waals surface area contributed by atoms with Crippen LogP contribution in [0.3, 0.4) is 0 Å². The van der Waals surface area contributed by atoms with Crippen molar-refractivity contribution in [3.63, 3.8) is 0 Å². The van der Waals surface area contributed by atoms with Gasteiger partial charge in [-0.15, -0.1) is 0 Å². The molecule has 1 heterocycles. The number of hydrogen-bond donors (Lipinski definition) is 0. The minimum atomic E-state index is 0.740. The van der Waals surface area contributed by atoms with E-state index >= 15 is 0 Å². The maximum Gasteiger partial charge on any atom is 0.0705 e. The van der Waals surface area contributed by atoms with Crippen molar-refractivity contribution in [1.82, 2.24) is 9.88 Å². The predicted molar refractivity (Wildman–Crippen MR) is 81.3 cm³/mol. The van der Waals surface area contributed by atoms with Gasteiger partial charge in [0.1, 0.15) is 0 Å². The Morgan fingerprint density at radius 3 is 2.68 bits per heavy atom. The van der Waals surface area contributed by atoms with E-state index in [1.807, 2.05) is 56.7 Å². The van der Waals surface area contributed by atoms with Crippen LogP contribution in [0.25, 0.3) is 5.57 Å². The maximum absolute atomic E-state index is 6.08. The van der Waals surface area contributed by atoms with Gasteiger partial charge in [-0.1, -0.05) is 35.9 Å². The predicted octanol–water partition coefficient (Wildman–Crippen LogP) is 3.73. The topological polar surface area (TPSA) is 16.1 Å². The van der Waals surface area contributed by atoms with Crippen molar-refractivity contribution in [2.24, 2.45) is 0 Å². The molecule has 0 saturated heterocycles. The number of pyridine rings is 1. The molecule has 2 rings (SSSR count). The van der Waals surface area contributed by atoms with Gasteiger partial charge in [-0.05, 0) is 43.9 Å². The molecule has 0 unspecified atom stereocenters. The van der Waals surface area contributed by atoms with Gasteiger partial charge in [0.05, 0.1) is 5.69 Å². The molecule has 19 heavy (non-hydrogen) atoms. The summed E-state index contributed by atoms with van der Waals surface area (Å²) in [6, 6.07) is 13.8. The van der Waals surface area contributed by atoms with Crippen LogP contribution in [-0.2, 0) is 0 Å². The van der Waals surface area contributed by atoms with Crippen LogP contribution in [0, 0.1) is 0 Å². The van der Waals surface area contributed by atoms with Crippen LogP contribution in [0.5, 0.6) is 0 Å². The summed E-state index contributed by atoms with van der Waals surface area (Å²) in [6.07, 6.45) is 3.98. The van der Waals surface area contributed by atoms with E-state index in [0.717, 1.165) is 28.4 Å². The largest absolute Gasteiger partial charge is 0.306 e. The van der Waals surface area contributed by atoms with Crippen molar-refractivity contribution < 1.29 is 0 Å². The molecule has 98 valence electrons. The molecule has 0 aliphatic rings. The third-order valence-corrected chi connectivity index (χ3v) is 2.97. The fraction of sp³-hybridized carbons (Fsp3) is 0.188. The van der Waals surface area contributed by atoms with Crippen molar-refractivity contribution in [3.8, 4) is 0 Å². The Kier molecular flexibility index (Phi) is 4.72. The number of nitrogens with zero attached hydrogens (tertiary/aromatic N) is 2. The van der Waals surface area contributed by atoms with Gasteiger partial charge in [-0.3, -0.25) is 4.98 Å². The summed E-state index contributed by atoms with van der Waals surface area (Å²) in [6.45, 7) is 0.860. The Morgan fingerprint density at radius 2 is 2.05 bits per heavy atom. The Balaban J connectivity index is 2.43. The molecule has 3 heteroatoms. The van der Waals surface area contributed by atoms with Crippen molar-refractivity contribution in [1.29, 1.82) is 0 Å². The maximum atomic E-state index is 6.08. The van der Waals surface area contributed by atoms with Crippen molar-refractivity contribution in [2.75, 3.05) is 20.6 Å². The molecule has 0 radical (unpaired) electrons. The molecule has 0 atom stereocenters. The highest BCUT2D eigenvalue weighted by Crippen LogP contribution is 2.24. The van der Waals surface area contributed by atoms with E-state index in [1.165, 1.54) is 0 Å². The van der Waals surface area contributed by atoms with E-state index in [4.69, 9.17) is 11.6 Å². The SMILES string of the molecule is CN(C)C/C=C(/c1cccc(Cl)c1)c1ccccn1. The Bertz CT molecular complexity index is 562. The quantitative estimate of drug-likeness (QED) is 0.843. The summed E-state index contributed by atoms with van der Waals surface area (Å²) >= 11 is 6.08. The van der Waals surface area contributed by atoms with E-state index in [2.05, 4.69) is 22.0 Å². The van der Waals surface area contributed by atoms with E-state index in [0.29, 0.717) is 0 Å². The average molecular weight is 273 g/mol. The summed E-state index contributed by atoms with van der Waals surface area (Å²) in [5, 5.41) is 0.740. The lowest BCUT2D eigenvalue weighted by Crippen LogP contribution is -2.11. The molecule has 1 aromatic carbocycles. The highest BCUT2D eigenvalue weighted by atomic mass is 35.5. The monoisotopic (exact) mass is 272 g/mol. The normalized spacial score (nSPS) is 11.9. The van der Waals surface area contributed by atoms with Crippen molar-refractivity contribution in [3.05, 3.63) is 71.0 Å². The first-order valence-electron chi connectivity index (χ1n) is 6.19. The number of halogens is 1. The number of aromatic nitrogens is 1. The molecule has 0 amide bonds. The van der Waals surface area contributed by atoms with Crippen molar-refractivity contribution >= 4 is 17.2 Å². The van der Waals surface area contributed by atoms with Crippen LogP contribution < -0.4 is 0 Å². The molecule has 0 fully saturated rings. The zero-order valence-electron chi connectivity index (χ0n) is 11.2. The smallest absolute Gasteiger partial charge is 0.0705 e. The van der Waals surface area contributed by atoms with Gasteiger partial charge in [0, 0.05) is 23.3 Å². The van der Waals surface area contributed by atoms with Crippen LogP contribution in [0.1, 0.15) is 11.3 Å². The number of rotatable bonds is 4. The zero-order valence-corrected chi connectivity index (χ0v) is 11.9. The second kappa shape index (κ2) is 6.50. The highest BCUT2D eigenvalue weighted by Gasteiger charge is 2.06. The molecule has 2 nitrogen and oxygen atoms in total. The zero-order chi connectivity index (χ0) is 13.7. The lowest BCUT2D eigenvalue weighted by Gasteiger charge is -2.11. The first-order valence-corrected chi connectivity index (χ1v) is 6.57. The van der Waals surface area contributed by atoms with Crippen molar-refractivity contribution in [2.45, 2.75) is 0 Å². The standard InChI is InChI=1S/C16H17ClN2/c1-19(2)11-9-15(16-8-3-4-10-18-16)13-6-5-7-14(17)12-13/h3-10,12H,11H2,1-2H3/b15-9-. The minimum Gasteiger partial charge on any atom is -0.306 e. The second-order valence-electron chi connectivity index (χ2n) is 4.61. The van der Waals surface area contributed by atoms with Crippen LogP contribution in [-0.4, -0.2) is 30.5 Å². The van der Waals surface area contributed by atoms with Gasteiger partial charge in [-0.25, -0.2) is 0 Å². The van der Waals surface area contributed by atoms with Gasteiger partial charge >= 0.3 is 0 Å². The molecular weight excluding hydrogens is 256 g/mol. The Morgan fingerprint density at radius 1 is 1.21 bits per heavy atom. The van der Waals surface area contributed by atoms with Gasteiger partial charge in [0.25, 0.3) is 0 Å².